The number of morpholine rings is 1. The first-order valence-electron chi connectivity index (χ1n) is 9.88. The molecule has 0 atom stereocenters. The summed E-state index contributed by atoms with van der Waals surface area (Å²) in [5.74, 6) is -1.23. The third kappa shape index (κ3) is 5.21. The van der Waals surface area contributed by atoms with E-state index in [1.54, 1.807) is 21.7 Å². The molecule has 1 aliphatic heterocycles. The van der Waals surface area contributed by atoms with Crippen molar-refractivity contribution in [3.8, 4) is 0 Å². The van der Waals surface area contributed by atoms with Gasteiger partial charge in [-0.05, 0) is 33.1 Å². The Morgan fingerprint density at radius 3 is 2.59 bits per heavy atom. The zero-order valence-electron chi connectivity index (χ0n) is 17.0. The van der Waals surface area contributed by atoms with E-state index in [1.165, 1.54) is 0 Å². The molecule has 2 heterocycles. The fourth-order valence-corrected chi connectivity index (χ4v) is 3.42. The van der Waals surface area contributed by atoms with Gasteiger partial charge in [0.05, 0.1) is 18.8 Å². The predicted molar refractivity (Wildman–Crippen MR) is 110 cm³/mol. The summed E-state index contributed by atoms with van der Waals surface area (Å²) in [5.41, 5.74) is 1.08. The smallest absolute Gasteiger partial charge is 0.292 e. The van der Waals surface area contributed by atoms with E-state index >= 15 is 0 Å². The maximum absolute atomic E-state index is 12.7. The molecule has 2 aromatic rings. The number of para-hydroxylation sites is 1. The summed E-state index contributed by atoms with van der Waals surface area (Å²) in [6, 6.07) is 7.33. The zero-order chi connectivity index (χ0) is 20.8. The van der Waals surface area contributed by atoms with Gasteiger partial charge < -0.3 is 24.4 Å². The lowest BCUT2D eigenvalue weighted by molar-refractivity contribution is -0.135. The number of carbonyl (C=O) groups is 3. The number of rotatable bonds is 8. The molecular formula is C21H28N4O4. The lowest BCUT2D eigenvalue weighted by atomic mass is 10.1. The Kier molecular flexibility index (Phi) is 7.00. The van der Waals surface area contributed by atoms with E-state index in [0.29, 0.717) is 43.8 Å². The molecule has 0 radical (unpaired) electrons. The van der Waals surface area contributed by atoms with Crippen molar-refractivity contribution >= 4 is 28.5 Å². The summed E-state index contributed by atoms with van der Waals surface area (Å²) < 4.78 is 7.04. The molecule has 8 heteroatoms. The number of carbonyl (C=O) groups excluding carboxylic acids is 3. The van der Waals surface area contributed by atoms with Crippen molar-refractivity contribution in [1.82, 2.24) is 19.7 Å². The second-order valence-electron chi connectivity index (χ2n) is 7.42. The lowest BCUT2D eigenvalue weighted by Gasteiger charge is -2.27. The predicted octanol–water partition coefficient (Wildman–Crippen LogP) is 0.751. The van der Waals surface area contributed by atoms with E-state index in [1.807, 2.05) is 37.2 Å². The highest BCUT2D eigenvalue weighted by atomic mass is 16.5. The molecule has 1 N–H and O–H groups in total. The van der Waals surface area contributed by atoms with Crippen LogP contribution in [0.2, 0.25) is 0 Å². The van der Waals surface area contributed by atoms with Gasteiger partial charge in [0.25, 0.3) is 11.7 Å². The van der Waals surface area contributed by atoms with Crippen molar-refractivity contribution in [3.63, 3.8) is 0 Å². The second-order valence-corrected chi connectivity index (χ2v) is 7.42. The summed E-state index contributed by atoms with van der Waals surface area (Å²) in [5, 5.41) is 3.37. The van der Waals surface area contributed by atoms with Crippen molar-refractivity contribution in [2.75, 3.05) is 53.5 Å². The highest BCUT2D eigenvalue weighted by molar-refractivity contribution is 6.45. The van der Waals surface area contributed by atoms with Gasteiger partial charge in [-0.1, -0.05) is 18.2 Å². The van der Waals surface area contributed by atoms with Crippen LogP contribution in [0.3, 0.4) is 0 Å². The van der Waals surface area contributed by atoms with E-state index in [4.69, 9.17) is 4.74 Å². The minimum atomic E-state index is -0.619. The quantitative estimate of drug-likeness (QED) is 0.402. The van der Waals surface area contributed by atoms with E-state index in [-0.39, 0.29) is 12.5 Å². The molecule has 2 amide bonds. The van der Waals surface area contributed by atoms with E-state index in [0.717, 1.165) is 18.5 Å². The highest BCUT2D eigenvalue weighted by Crippen LogP contribution is 2.22. The molecular weight excluding hydrogens is 372 g/mol. The van der Waals surface area contributed by atoms with E-state index in [2.05, 4.69) is 5.32 Å². The fraction of sp³-hybridized carbons (Fsp3) is 0.476. The molecule has 8 nitrogen and oxygen atoms in total. The molecule has 29 heavy (non-hydrogen) atoms. The van der Waals surface area contributed by atoms with Gasteiger partial charge in [0.1, 0.15) is 6.54 Å². The number of nitrogens with one attached hydrogen (secondary N) is 1. The van der Waals surface area contributed by atoms with E-state index in [9.17, 15) is 14.4 Å². The van der Waals surface area contributed by atoms with Crippen molar-refractivity contribution in [2.24, 2.45) is 0 Å². The first-order chi connectivity index (χ1) is 14.0. The highest BCUT2D eigenvalue weighted by Gasteiger charge is 2.23. The number of hydrogen-bond acceptors (Lipinski definition) is 5. The van der Waals surface area contributed by atoms with Crippen LogP contribution in [-0.4, -0.2) is 85.5 Å². The van der Waals surface area contributed by atoms with E-state index < -0.39 is 11.7 Å². The number of nitrogens with zero attached hydrogens (tertiary/aromatic N) is 3. The van der Waals surface area contributed by atoms with Crippen LogP contribution in [0.25, 0.3) is 10.9 Å². The SMILES string of the molecule is CN(C)CCCNC(=O)C(=O)c1cn(CC(=O)N2CCOCC2)c2ccccc12. The number of aromatic nitrogens is 1. The standard InChI is InChI=1S/C21H28N4O4/c1-23(2)9-5-8-22-21(28)20(27)17-14-25(18-7-4-3-6-16(17)18)15-19(26)24-10-12-29-13-11-24/h3-4,6-7,14H,5,8-13,15H2,1-2H3,(H,22,28). The largest absolute Gasteiger partial charge is 0.378 e. The number of benzene rings is 1. The fourth-order valence-electron chi connectivity index (χ4n) is 3.42. The normalized spacial score (nSPS) is 14.4. The molecule has 1 fully saturated rings. The van der Waals surface area contributed by atoms with Crippen molar-refractivity contribution in [1.29, 1.82) is 0 Å². The van der Waals surface area contributed by atoms with Crippen molar-refractivity contribution < 1.29 is 19.1 Å². The second kappa shape index (κ2) is 9.67. The van der Waals surface area contributed by atoms with Crippen molar-refractivity contribution in [3.05, 3.63) is 36.0 Å². The van der Waals surface area contributed by atoms with Gasteiger partial charge in [-0.15, -0.1) is 0 Å². The monoisotopic (exact) mass is 400 g/mol. The molecule has 1 saturated heterocycles. The molecule has 0 aliphatic carbocycles. The molecule has 0 spiro atoms. The van der Waals surface area contributed by atoms with Gasteiger partial charge in [0.15, 0.2) is 0 Å². The summed E-state index contributed by atoms with van der Waals surface area (Å²) in [6.45, 7) is 3.61. The number of hydrogen-bond donors (Lipinski definition) is 1. The average molecular weight is 400 g/mol. The summed E-state index contributed by atoms with van der Waals surface area (Å²) in [6.07, 6.45) is 2.38. The maximum atomic E-state index is 12.7. The molecule has 1 aromatic heterocycles. The minimum Gasteiger partial charge on any atom is -0.378 e. The van der Waals surface area contributed by atoms with Crippen LogP contribution >= 0.6 is 0 Å². The van der Waals surface area contributed by atoms with Crippen LogP contribution in [0.1, 0.15) is 16.8 Å². The van der Waals surface area contributed by atoms with Gasteiger partial charge in [-0.2, -0.15) is 0 Å². The number of fused-ring (bicyclic) bond motifs is 1. The van der Waals surface area contributed by atoms with Crippen LogP contribution in [0.15, 0.2) is 30.5 Å². The first kappa shape index (κ1) is 21.0. The number of ether oxygens (including phenoxy) is 1. The molecule has 1 aromatic carbocycles. The van der Waals surface area contributed by atoms with Gasteiger partial charge in [0.2, 0.25) is 5.91 Å². The topological polar surface area (TPSA) is 83.9 Å². The summed E-state index contributed by atoms with van der Waals surface area (Å²) in [7, 11) is 3.92. The van der Waals surface area contributed by atoms with Gasteiger partial charge in [-0.3, -0.25) is 14.4 Å². The molecule has 1 aliphatic rings. The molecule has 3 rings (SSSR count). The average Bonchev–Trinajstić information content (AvgIpc) is 3.09. The Morgan fingerprint density at radius 2 is 1.86 bits per heavy atom. The zero-order valence-corrected chi connectivity index (χ0v) is 17.0. The molecule has 0 saturated carbocycles. The number of Topliss-reactive ketones (excluding diaryl/α,β-unsaturated/α-hetero) is 1. The third-order valence-electron chi connectivity index (χ3n) is 4.98. The molecule has 0 bridgehead atoms. The third-order valence-corrected chi connectivity index (χ3v) is 4.98. The van der Waals surface area contributed by atoms with Crippen LogP contribution < -0.4 is 5.32 Å². The Hall–Kier alpha value is -2.71. The van der Waals surface area contributed by atoms with Crippen LogP contribution in [0.4, 0.5) is 0 Å². The summed E-state index contributed by atoms with van der Waals surface area (Å²) >= 11 is 0. The molecule has 0 unspecified atom stereocenters. The first-order valence-corrected chi connectivity index (χ1v) is 9.88. The van der Waals surface area contributed by atoms with Gasteiger partial charge in [-0.25, -0.2) is 0 Å². The number of ketones is 1. The minimum absolute atomic E-state index is 0.0267. The number of amides is 2. The Labute approximate surface area is 170 Å². The Bertz CT molecular complexity index is 884. The van der Waals surface area contributed by atoms with Crippen molar-refractivity contribution in [2.45, 2.75) is 13.0 Å². The Balaban J connectivity index is 1.74. The summed E-state index contributed by atoms with van der Waals surface area (Å²) in [4.78, 5) is 41.5. The van der Waals surface area contributed by atoms with Crippen LogP contribution in [-0.2, 0) is 20.9 Å². The van der Waals surface area contributed by atoms with Gasteiger partial charge in [0, 0.05) is 36.7 Å². The lowest BCUT2D eigenvalue weighted by Crippen LogP contribution is -2.42. The van der Waals surface area contributed by atoms with Gasteiger partial charge >= 0.3 is 0 Å². The Morgan fingerprint density at radius 1 is 1.14 bits per heavy atom. The maximum Gasteiger partial charge on any atom is 0.292 e. The molecule has 156 valence electrons. The van der Waals surface area contributed by atoms with Crippen LogP contribution in [0.5, 0.6) is 0 Å². The van der Waals surface area contributed by atoms with Crippen LogP contribution in [0, 0.1) is 0 Å².